The summed E-state index contributed by atoms with van der Waals surface area (Å²) in [6.45, 7) is 0.660. The zero-order chi connectivity index (χ0) is 11.7. The minimum Gasteiger partial charge on any atom is -0.489 e. The van der Waals surface area contributed by atoms with E-state index < -0.39 is 0 Å². The molecule has 1 heterocycles. The summed E-state index contributed by atoms with van der Waals surface area (Å²) < 4.78 is 6.85. The third-order valence-electron chi connectivity index (χ3n) is 2.87. The molecule has 0 radical (unpaired) electrons. The maximum Gasteiger partial charge on any atom is 0.142 e. The first kappa shape index (κ1) is 10.7. The van der Waals surface area contributed by atoms with Crippen molar-refractivity contribution in [2.24, 2.45) is 0 Å². The van der Waals surface area contributed by atoms with E-state index in [1.807, 2.05) is 36.4 Å². The fourth-order valence-corrected chi connectivity index (χ4v) is 2.43. The normalized spacial score (nSPS) is 17.8. The summed E-state index contributed by atoms with van der Waals surface area (Å²) >= 11 is 3.49. The van der Waals surface area contributed by atoms with E-state index in [0.717, 1.165) is 15.9 Å². The first-order valence-electron chi connectivity index (χ1n) is 5.57. The van der Waals surface area contributed by atoms with Crippen molar-refractivity contribution in [1.82, 2.24) is 0 Å². The average Bonchev–Trinajstić information content (AvgIpc) is 2.38. The Morgan fingerprint density at radius 3 is 2.88 bits per heavy atom. The number of ether oxygens (including phenoxy) is 1. The SMILES string of the molecule is Brc1cccc([C@@H]2COc3ccccc3N2)c1. The monoisotopic (exact) mass is 289 g/mol. The highest BCUT2D eigenvalue weighted by atomic mass is 79.9. The topological polar surface area (TPSA) is 21.3 Å². The van der Waals surface area contributed by atoms with Gasteiger partial charge >= 0.3 is 0 Å². The Balaban J connectivity index is 1.89. The summed E-state index contributed by atoms with van der Waals surface area (Å²) in [4.78, 5) is 0. The minimum atomic E-state index is 0.211. The molecule has 0 saturated heterocycles. The lowest BCUT2D eigenvalue weighted by atomic mass is 10.1. The summed E-state index contributed by atoms with van der Waals surface area (Å²) in [7, 11) is 0. The van der Waals surface area contributed by atoms with E-state index >= 15 is 0 Å². The van der Waals surface area contributed by atoms with E-state index in [9.17, 15) is 0 Å². The molecule has 1 aliphatic heterocycles. The number of para-hydroxylation sites is 2. The van der Waals surface area contributed by atoms with Crippen molar-refractivity contribution in [2.45, 2.75) is 6.04 Å². The Morgan fingerprint density at radius 2 is 2.00 bits per heavy atom. The molecule has 1 aliphatic rings. The third-order valence-corrected chi connectivity index (χ3v) is 3.37. The molecule has 0 bridgehead atoms. The maximum atomic E-state index is 5.75. The van der Waals surface area contributed by atoms with E-state index in [4.69, 9.17) is 4.74 Å². The zero-order valence-corrected chi connectivity index (χ0v) is 10.8. The molecule has 1 N–H and O–H groups in total. The Morgan fingerprint density at radius 1 is 1.12 bits per heavy atom. The number of halogens is 1. The van der Waals surface area contributed by atoms with Gasteiger partial charge in [-0.05, 0) is 29.8 Å². The third kappa shape index (κ3) is 2.15. The van der Waals surface area contributed by atoms with Gasteiger partial charge in [0.25, 0.3) is 0 Å². The van der Waals surface area contributed by atoms with Crippen molar-refractivity contribution in [3.63, 3.8) is 0 Å². The molecule has 0 spiro atoms. The number of hydrogen-bond acceptors (Lipinski definition) is 2. The molecular weight excluding hydrogens is 278 g/mol. The van der Waals surface area contributed by atoms with E-state index in [1.54, 1.807) is 0 Å². The predicted octanol–water partition coefficient (Wildman–Crippen LogP) is 3.99. The van der Waals surface area contributed by atoms with Gasteiger partial charge in [-0.15, -0.1) is 0 Å². The van der Waals surface area contributed by atoms with E-state index in [2.05, 4.69) is 33.4 Å². The van der Waals surface area contributed by atoms with Crippen LogP contribution in [0.2, 0.25) is 0 Å². The molecule has 1 atom stereocenters. The van der Waals surface area contributed by atoms with Gasteiger partial charge in [0.05, 0.1) is 11.7 Å². The van der Waals surface area contributed by atoms with Gasteiger partial charge in [0.1, 0.15) is 12.4 Å². The molecule has 17 heavy (non-hydrogen) atoms. The molecule has 3 heteroatoms. The lowest BCUT2D eigenvalue weighted by Gasteiger charge is -2.27. The quantitative estimate of drug-likeness (QED) is 0.857. The van der Waals surface area contributed by atoms with Crippen molar-refractivity contribution in [1.29, 1.82) is 0 Å². The number of nitrogens with one attached hydrogen (secondary N) is 1. The molecule has 2 aromatic carbocycles. The van der Waals surface area contributed by atoms with Crippen LogP contribution in [0.5, 0.6) is 5.75 Å². The molecule has 0 saturated carbocycles. The van der Waals surface area contributed by atoms with Gasteiger partial charge in [-0.2, -0.15) is 0 Å². The second-order valence-electron chi connectivity index (χ2n) is 4.06. The Hall–Kier alpha value is -1.48. The van der Waals surface area contributed by atoms with Gasteiger partial charge in [-0.3, -0.25) is 0 Å². The Bertz CT molecular complexity index is 541. The second-order valence-corrected chi connectivity index (χ2v) is 4.97. The largest absolute Gasteiger partial charge is 0.489 e. The van der Waals surface area contributed by atoms with Crippen LogP contribution in [0.1, 0.15) is 11.6 Å². The fourth-order valence-electron chi connectivity index (χ4n) is 2.02. The van der Waals surface area contributed by atoms with Gasteiger partial charge < -0.3 is 10.1 Å². The van der Waals surface area contributed by atoms with Crippen LogP contribution in [-0.4, -0.2) is 6.61 Å². The van der Waals surface area contributed by atoms with Crippen LogP contribution in [0, 0.1) is 0 Å². The summed E-state index contributed by atoms with van der Waals surface area (Å²) in [5.74, 6) is 0.929. The summed E-state index contributed by atoms with van der Waals surface area (Å²) in [6, 6.07) is 16.5. The van der Waals surface area contributed by atoms with Crippen molar-refractivity contribution >= 4 is 21.6 Å². The van der Waals surface area contributed by atoms with Gasteiger partial charge in [-0.25, -0.2) is 0 Å². The highest BCUT2D eigenvalue weighted by molar-refractivity contribution is 9.10. The van der Waals surface area contributed by atoms with E-state index in [1.165, 1.54) is 5.56 Å². The molecule has 86 valence electrons. The number of rotatable bonds is 1. The van der Waals surface area contributed by atoms with Gasteiger partial charge in [-0.1, -0.05) is 40.2 Å². The van der Waals surface area contributed by atoms with Crippen LogP contribution in [0.3, 0.4) is 0 Å². The Labute approximate surface area is 109 Å². The minimum absolute atomic E-state index is 0.211. The molecule has 0 fully saturated rings. The van der Waals surface area contributed by atoms with Crippen molar-refractivity contribution in [3.05, 3.63) is 58.6 Å². The molecule has 2 nitrogen and oxygen atoms in total. The van der Waals surface area contributed by atoms with Crippen LogP contribution >= 0.6 is 15.9 Å². The summed E-state index contributed by atoms with van der Waals surface area (Å²) in [5.41, 5.74) is 2.29. The molecule has 2 aromatic rings. The van der Waals surface area contributed by atoms with Crippen LogP contribution in [-0.2, 0) is 0 Å². The number of hydrogen-bond donors (Lipinski definition) is 1. The smallest absolute Gasteiger partial charge is 0.142 e. The lowest BCUT2D eigenvalue weighted by molar-refractivity contribution is 0.286. The van der Waals surface area contributed by atoms with E-state index in [-0.39, 0.29) is 6.04 Å². The first-order valence-corrected chi connectivity index (χ1v) is 6.36. The fraction of sp³-hybridized carbons (Fsp3) is 0.143. The van der Waals surface area contributed by atoms with Gasteiger partial charge in [0.15, 0.2) is 0 Å². The van der Waals surface area contributed by atoms with Crippen LogP contribution < -0.4 is 10.1 Å². The van der Waals surface area contributed by atoms with Crippen molar-refractivity contribution in [3.8, 4) is 5.75 Å². The summed E-state index contributed by atoms with van der Waals surface area (Å²) in [6.07, 6.45) is 0. The lowest BCUT2D eigenvalue weighted by Crippen LogP contribution is -2.23. The highest BCUT2D eigenvalue weighted by Crippen LogP contribution is 2.33. The number of anilines is 1. The standard InChI is InChI=1S/C14H12BrNO/c15-11-5-3-4-10(8-11)13-9-17-14-7-2-1-6-12(14)16-13/h1-8,13,16H,9H2/t13-/m0/s1. The van der Waals surface area contributed by atoms with Crippen LogP contribution in [0.25, 0.3) is 0 Å². The van der Waals surface area contributed by atoms with E-state index in [0.29, 0.717) is 6.61 Å². The molecule has 3 rings (SSSR count). The zero-order valence-electron chi connectivity index (χ0n) is 9.19. The van der Waals surface area contributed by atoms with Crippen molar-refractivity contribution in [2.75, 3.05) is 11.9 Å². The highest BCUT2D eigenvalue weighted by Gasteiger charge is 2.19. The van der Waals surface area contributed by atoms with Gasteiger partial charge in [0.2, 0.25) is 0 Å². The summed E-state index contributed by atoms with van der Waals surface area (Å²) in [5, 5.41) is 3.49. The average molecular weight is 290 g/mol. The molecule has 0 amide bonds. The molecule has 0 aliphatic carbocycles. The molecule has 0 aromatic heterocycles. The first-order chi connectivity index (χ1) is 8.33. The Kier molecular flexibility index (Phi) is 2.77. The van der Waals surface area contributed by atoms with Crippen LogP contribution in [0.4, 0.5) is 5.69 Å². The predicted molar refractivity (Wildman–Crippen MR) is 72.4 cm³/mol. The number of benzene rings is 2. The maximum absolute atomic E-state index is 5.75. The van der Waals surface area contributed by atoms with Crippen molar-refractivity contribution < 1.29 is 4.74 Å². The molecule has 0 unspecified atom stereocenters. The molecular formula is C14H12BrNO. The number of fused-ring (bicyclic) bond motifs is 1. The van der Waals surface area contributed by atoms with Gasteiger partial charge in [0, 0.05) is 4.47 Å². The van der Waals surface area contributed by atoms with Crippen LogP contribution in [0.15, 0.2) is 53.0 Å². The second kappa shape index (κ2) is 4.41.